The Morgan fingerprint density at radius 1 is 1.05 bits per heavy atom. The summed E-state index contributed by atoms with van der Waals surface area (Å²) in [6, 6.07) is 14.4. The third kappa shape index (κ3) is 4.58. The topological polar surface area (TPSA) is 90.4 Å². The van der Waals surface area contributed by atoms with Crippen LogP contribution in [0.3, 0.4) is 0 Å². The number of carbonyl (C=O) groups is 3. The van der Waals surface area contributed by atoms with Gasteiger partial charge in [-0.05, 0) is 63.1 Å². The lowest BCUT2D eigenvalue weighted by Crippen LogP contribution is -2.58. The first-order valence-corrected chi connectivity index (χ1v) is 14.3. The fourth-order valence-electron chi connectivity index (χ4n) is 7.03. The third-order valence-corrected chi connectivity index (χ3v) is 9.07. The lowest BCUT2D eigenvalue weighted by Gasteiger charge is -2.38. The van der Waals surface area contributed by atoms with Gasteiger partial charge in [0.15, 0.2) is 0 Å². The molecule has 3 aliphatic rings. The van der Waals surface area contributed by atoms with Crippen molar-refractivity contribution in [1.29, 1.82) is 0 Å². The third-order valence-electron chi connectivity index (χ3n) is 8.82. The second-order valence-electron chi connectivity index (χ2n) is 11.3. The van der Waals surface area contributed by atoms with Crippen LogP contribution >= 0.6 is 11.6 Å². The highest BCUT2D eigenvalue weighted by Gasteiger charge is 2.78. The number of anilines is 2. The van der Waals surface area contributed by atoms with Crippen molar-refractivity contribution in [3.63, 3.8) is 0 Å². The zero-order valence-electron chi connectivity index (χ0n) is 23.4. The number of halogens is 1. The first-order valence-electron chi connectivity index (χ1n) is 13.9. The van der Waals surface area contributed by atoms with Gasteiger partial charge in [0.2, 0.25) is 11.8 Å². The molecule has 2 bridgehead atoms. The standard InChI is InChI=1S/C32H36ClN3O5/c1-5-18-34(23-10-8-7-9-11-23)28(38)25-26-29(39)36(21(3)20-37)27(32(26)17-16-31(25,4)41-32)30(40)35(19-6-2)24-14-12-22(33)13-15-24/h5-15,21,25-27,37H,1-2,16-20H2,3-4H3/t21-,25+,26+,27?,31-,32?/m1/s1. The predicted octanol–water partition coefficient (Wildman–Crippen LogP) is 4.22. The molecule has 6 atom stereocenters. The van der Waals surface area contributed by atoms with Gasteiger partial charge in [0.05, 0.1) is 30.1 Å². The number of rotatable bonds is 10. The van der Waals surface area contributed by atoms with Crippen LogP contribution in [0.15, 0.2) is 79.9 Å². The van der Waals surface area contributed by atoms with Crippen LogP contribution in [0.25, 0.3) is 0 Å². The fraction of sp³-hybridized carbons (Fsp3) is 0.406. The van der Waals surface area contributed by atoms with Crippen molar-refractivity contribution >= 4 is 40.7 Å². The van der Waals surface area contributed by atoms with E-state index in [4.69, 9.17) is 16.3 Å². The minimum Gasteiger partial charge on any atom is -0.394 e. The van der Waals surface area contributed by atoms with Gasteiger partial charge in [-0.1, -0.05) is 42.0 Å². The summed E-state index contributed by atoms with van der Waals surface area (Å²) in [7, 11) is 0. The van der Waals surface area contributed by atoms with Crippen molar-refractivity contribution < 1.29 is 24.2 Å². The number of carbonyl (C=O) groups excluding carboxylic acids is 3. The second kappa shape index (κ2) is 11.1. The highest BCUT2D eigenvalue weighted by molar-refractivity contribution is 6.30. The summed E-state index contributed by atoms with van der Waals surface area (Å²) in [5, 5.41) is 10.7. The van der Waals surface area contributed by atoms with Crippen LogP contribution in [0.4, 0.5) is 11.4 Å². The quantitative estimate of drug-likeness (QED) is 0.427. The number of aliphatic hydroxyl groups excluding tert-OH is 1. The number of fused-ring (bicyclic) bond motifs is 1. The van der Waals surface area contributed by atoms with Crippen molar-refractivity contribution in [1.82, 2.24) is 4.90 Å². The first-order chi connectivity index (χ1) is 19.6. The number of ether oxygens (including phenoxy) is 1. The molecule has 1 spiro atoms. The Morgan fingerprint density at radius 2 is 1.63 bits per heavy atom. The molecule has 3 fully saturated rings. The Kier molecular flexibility index (Phi) is 7.85. The lowest BCUT2D eigenvalue weighted by molar-refractivity contribution is -0.147. The summed E-state index contributed by atoms with van der Waals surface area (Å²) in [5.74, 6) is -2.66. The van der Waals surface area contributed by atoms with Crippen LogP contribution < -0.4 is 9.80 Å². The molecule has 2 unspecified atom stereocenters. The number of benzene rings is 2. The van der Waals surface area contributed by atoms with Crippen molar-refractivity contribution in [2.45, 2.75) is 50.0 Å². The van der Waals surface area contributed by atoms with E-state index in [1.54, 1.807) is 53.1 Å². The van der Waals surface area contributed by atoms with E-state index in [0.717, 1.165) is 0 Å². The number of amides is 3. The molecule has 3 heterocycles. The highest BCUT2D eigenvalue weighted by atomic mass is 35.5. The normalized spacial score (nSPS) is 28.7. The van der Waals surface area contributed by atoms with Crippen LogP contribution in [0.5, 0.6) is 0 Å². The van der Waals surface area contributed by atoms with Gasteiger partial charge in [0.1, 0.15) is 11.6 Å². The lowest BCUT2D eigenvalue weighted by atomic mass is 9.66. The van der Waals surface area contributed by atoms with Gasteiger partial charge >= 0.3 is 0 Å². The second-order valence-corrected chi connectivity index (χ2v) is 11.7. The Balaban J connectivity index is 1.60. The van der Waals surface area contributed by atoms with Gasteiger partial charge in [-0.3, -0.25) is 14.4 Å². The first kappa shape index (κ1) is 29.0. The number of aliphatic hydroxyl groups is 1. The van der Waals surface area contributed by atoms with Crippen LogP contribution in [0.1, 0.15) is 26.7 Å². The summed E-state index contributed by atoms with van der Waals surface area (Å²) < 4.78 is 6.77. The van der Waals surface area contributed by atoms with E-state index >= 15 is 0 Å². The summed E-state index contributed by atoms with van der Waals surface area (Å²) >= 11 is 6.11. The number of hydrogen-bond donors (Lipinski definition) is 1. The number of likely N-dealkylation sites (tertiary alicyclic amines) is 1. The molecule has 3 aliphatic heterocycles. The molecule has 0 aliphatic carbocycles. The molecule has 8 nitrogen and oxygen atoms in total. The van der Waals surface area contributed by atoms with Gasteiger partial charge in [-0.15, -0.1) is 13.2 Å². The maximum atomic E-state index is 14.5. The molecule has 0 radical (unpaired) electrons. The van der Waals surface area contributed by atoms with Crippen LogP contribution in [0.2, 0.25) is 5.02 Å². The Labute approximate surface area is 245 Å². The van der Waals surface area contributed by atoms with E-state index in [0.29, 0.717) is 29.2 Å². The SMILES string of the molecule is C=CCN(C(=O)C1N([C@H](C)CO)C(=O)[C@@H]2[C@@H](C(=O)N(CC=C)c3ccccc3)[C@@]3(C)CCC12O3)c1ccc(Cl)cc1. The van der Waals surface area contributed by atoms with Crippen LogP contribution in [-0.4, -0.2) is 70.7 Å². The van der Waals surface area contributed by atoms with Gasteiger partial charge < -0.3 is 24.5 Å². The maximum Gasteiger partial charge on any atom is 0.253 e. The van der Waals surface area contributed by atoms with Crippen molar-refractivity contribution in [2.75, 3.05) is 29.5 Å². The molecule has 9 heteroatoms. The molecule has 2 aromatic rings. The zero-order chi connectivity index (χ0) is 29.5. The van der Waals surface area contributed by atoms with Crippen molar-refractivity contribution in [3.8, 4) is 0 Å². The number of hydrogen-bond acceptors (Lipinski definition) is 5. The van der Waals surface area contributed by atoms with Crippen LogP contribution in [-0.2, 0) is 19.1 Å². The minimum atomic E-state index is -1.23. The van der Waals surface area contributed by atoms with Crippen LogP contribution in [0, 0.1) is 11.8 Å². The average molecular weight is 578 g/mol. The number of para-hydroxylation sites is 1. The van der Waals surface area contributed by atoms with E-state index < -0.39 is 35.1 Å². The molecular weight excluding hydrogens is 542 g/mol. The van der Waals surface area contributed by atoms with E-state index in [1.165, 1.54) is 4.90 Å². The largest absolute Gasteiger partial charge is 0.394 e. The molecule has 2 aromatic carbocycles. The van der Waals surface area contributed by atoms with E-state index in [1.807, 2.05) is 37.3 Å². The molecule has 0 aromatic heterocycles. The van der Waals surface area contributed by atoms with E-state index in [9.17, 15) is 19.5 Å². The maximum absolute atomic E-state index is 14.5. The Bertz CT molecular complexity index is 1350. The smallest absolute Gasteiger partial charge is 0.253 e. The summed E-state index contributed by atoms with van der Waals surface area (Å²) in [5.41, 5.74) is -0.885. The molecule has 0 saturated carbocycles. The van der Waals surface area contributed by atoms with Crippen molar-refractivity contribution in [3.05, 3.63) is 84.9 Å². The van der Waals surface area contributed by atoms with Gasteiger partial charge in [0, 0.05) is 29.5 Å². The zero-order valence-corrected chi connectivity index (χ0v) is 24.2. The summed E-state index contributed by atoms with van der Waals surface area (Å²) in [6.45, 7) is 11.3. The molecule has 1 N–H and O–H groups in total. The monoisotopic (exact) mass is 577 g/mol. The van der Waals surface area contributed by atoms with E-state index in [-0.39, 0.29) is 37.4 Å². The molecule has 3 amide bonds. The number of nitrogens with zero attached hydrogens (tertiary/aromatic N) is 3. The minimum absolute atomic E-state index is 0.188. The van der Waals surface area contributed by atoms with E-state index in [2.05, 4.69) is 13.2 Å². The predicted molar refractivity (Wildman–Crippen MR) is 159 cm³/mol. The average Bonchev–Trinajstić information content (AvgIpc) is 3.55. The van der Waals surface area contributed by atoms with Gasteiger partial charge in [0.25, 0.3) is 5.91 Å². The molecule has 216 valence electrons. The highest BCUT2D eigenvalue weighted by Crippen LogP contribution is 2.64. The molecule has 5 rings (SSSR count). The van der Waals surface area contributed by atoms with Gasteiger partial charge in [-0.2, -0.15) is 0 Å². The molecular formula is C32H36ClN3O5. The molecule has 41 heavy (non-hydrogen) atoms. The summed E-state index contributed by atoms with van der Waals surface area (Å²) in [6.07, 6.45) is 4.21. The molecule has 3 saturated heterocycles. The Morgan fingerprint density at radius 3 is 2.22 bits per heavy atom. The van der Waals surface area contributed by atoms with Gasteiger partial charge in [-0.25, -0.2) is 0 Å². The Hall–Kier alpha value is -3.46. The fourth-order valence-corrected chi connectivity index (χ4v) is 7.16. The summed E-state index contributed by atoms with van der Waals surface area (Å²) in [4.78, 5) is 47.9. The van der Waals surface area contributed by atoms with Crippen molar-refractivity contribution in [2.24, 2.45) is 11.8 Å².